The van der Waals surface area contributed by atoms with Gasteiger partial charge in [0.15, 0.2) is 18.9 Å². The quantitative estimate of drug-likeness (QED) is 0.0355. The topological polar surface area (TPSA) is 441 Å². The van der Waals surface area contributed by atoms with E-state index in [9.17, 15) is 69.0 Å². The van der Waals surface area contributed by atoms with Crippen LogP contribution in [0, 0.1) is 23.2 Å². The number of nitrogens with one attached hydrogen (secondary N) is 6. The number of aliphatic hydroxyl groups excluding tert-OH is 6. The Balaban J connectivity index is 0.894. The van der Waals surface area contributed by atoms with E-state index >= 15 is 0 Å². The van der Waals surface area contributed by atoms with E-state index in [1.165, 1.54) is 0 Å². The molecule has 0 unspecified atom stereocenters. The number of ether oxygens (including phenoxy) is 12. The van der Waals surface area contributed by atoms with Crippen molar-refractivity contribution in [1.29, 1.82) is 0 Å². The average molecular weight is 1480 g/mol. The Morgan fingerprint density at radius 3 is 1.03 bits per heavy atom. The molecule has 0 aromatic heterocycles. The Hall–Kier alpha value is -4.56. The molecular formula is C71H122N6O26. The minimum absolute atomic E-state index is 0.0168. The number of carbonyl (C=O) groups excluding carboxylic acids is 8. The molecule has 32 nitrogen and oxygen atoms in total. The van der Waals surface area contributed by atoms with E-state index in [0.29, 0.717) is 117 Å². The molecule has 0 aromatic rings. The molecule has 6 aliphatic rings. The van der Waals surface area contributed by atoms with Crippen LogP contribution < -0.4 is 31.9 Å². The summed E-state index contributed by atoms with van der Waals surface area (Å²) in [5, 5.41) is 80.2. The molecule has 15 atom stereocenters. The minimum atomic E-state index is -1.41. The van der Waals surface area contributed by atoms with Crippen LogP contribution in [0.4, 0.5) is 0 Å². The molecule has 6 aliphatic heterocycles. The van der Waals surface area contributed by atoms with Crippen molar-refractivity contribution in [2.24, 2.45) is 23.2 Å². The molecule has 6 saturated heterocycles. The highest BCUT2D eigenvalue weighted by Crippen LogP contribution is 2.42. The van der Waals surface area contributed by atoms with Crippen molar-refractivity contribution >= 4 is 47.0 Å². The lowest BCUT2D eigenvalue weighted by Crippen LogP contribution is -2.60. The van der Waals surface area contributed by atoms with E-state index < -0.39 is 89.2 Å². The molecule has 6 bridgehead atoms. The van der Waals surface area contributed by atoms with Crippen LogP contribution in [0.15, 0.2) is 0 Å². The van der Waals surface area contributed by atoms with Crippen molar-refractivity contribution in [1.82, 2.24) is 31.9 Å². The van der Waals surface area contributed by atoms with Gasteiger partial charge in [0, 0.05) is 134 Å². The summed E-state index contributed by atoms with van der Waals surface area (Å²) in [5.74, 6) is -2.77. The van der Waals surface area contributed by atoms with Crippen LogP contribution in [0.2, 0.25) is 0 Å². The molecule has 592 valence electrons. The van der Waals surface area contributed by atoms with Gasteiger partial charge in [0.1, 0.15) is 52.2 Å². The van der Waals surface area contributed by atoms with Gasteiger partial charge in [-0.05, 0) is 70.6 Å². The van der Waals surface area contributed by atoms with Gasteiger partial charge in [0.25, 0.3) is 0 Å². The van der Waals surface area contributed by atoms with Gasteiger partial charge in [-0.1, -0.05) is 41.5 Å². The summed E-state index contributed by atoms with van der Waals surface area (Å²) in [6.07, 6.45) is -1.32. The lowest BCUT2D eigenvalue weighted by molar-refractivity contribution is -0.248. The molecule has 103 heavy (non-hydrogen) atoms. The molecule has 0 aliphatic carbocycles. The maximum atomic E-state index is 13.8. The van der Waals surface area contributed by atoms with Crippen molar-refractivity contribution in [3.05, 3.63) is 0 Å². The minimum Gasteiger partial charge on any atom is -0.390 e. The molecule has 0 spiro atoms. The second-order valence-corrected chi connectivity index (χ2v) is 29.7. The van der Waals surface area contributed by atoms with E-state index in [2.05, 4.69) is 31.9 Å². The third-order valence-electron chi connectivity index (χ3n) is 19.7. The molecule has 0 aromatic carbocycles. The highest BCUT2D eigenvalue weighted by Gasteiger charge is 2.60. The molecule has 0 radical (unpaired) electrons. The Morgan fingerprint density at radius 1 is 0.369 bits per heavy atom. The summed E-state index contributed by atoms with van der Waals surface area (Å²) in [4.78, 5) is 103. The van der Waals surface area contributed by atoms with Gasteiger partial charge < -0.3 is 119 Å². The van der Waals surface area contributed by atoms with Crippen LogP contribution in [0.5, 0.6) is 0 Å². The monoisotopic (exact) mass is 1470 g/mol. The number of unbranched alkanes of at least 4 members (excludes halogenated alkanes) is 4. The average Bonchev–Trinajstić information content (AvgIpc) is 1.65. The van der Waals surface area contributed by atoms with Gasteiger partial charge in [-0.15, -0.1) is 0 Å². The third kappa shape index (κ3) is 28.2. The number of amides is 6. The van der Waals surface area contributed by atoms with E-state index in [1.54, 1.807) is 41.5 Å². The second-order valence-electron chi connectivity index (χ2n) is 29.7. The lowest BCUT2D eigenvalue weighted by atomic mass is 9.86. The van der Waals surface area contributed by atoms with Crippen molar-refractivity contribution in [3.63, 3.8) is 0 Å². The van der Waals surface area contributed by atoms with Gasteiger partial charge in [0.05, 0.1) is 97.6 Å². The maximum absolute atomic E-state index is 13.8. The number of fused-ring (bicyclic) bond motifs is 6. The number of rotatable bonds is 54. The lowest BCUT2D eigenvalue weighted by Gasteiger charge is -2.41. The van der Waals surface area contributed by atoms with Gasteiger partial charge in [0.2, 0.25) is 35.4 Å². The molecule has 12 N–H and O–H groups in total. The molecule has 6 rings (SSSR count). The summed E-state index contributed by atoms with van der Waals surface area (Å²) in [7, 11) is 0. The Labute approximate surface area is 605 Å². The summed E-state index contributed by atoms with van der Waals surface area (Å²) < 4.78 is 69.9. The fraction of sp³-hybridized carbons (Fsp3) is 0.887. The van der Waals surface area contributed by atoms with Crippen molar-refractivity contribution < 1.29 is 126 Å². The first-order valence-corrected chi connectivity index (χ1v) is 37.3. The predicted octanol–water partition coefficient (Wildman–Crippen LogP) is -0.0421. The predicted molar refractivity (Wildman–Crippen MR) is 367 cm³/mol. The summed E-state index contributed by atoms with van der Waals surface area (Å²) in [6.45, 7) is 12.7. The van der Waals surface area contributed by atoms with Crippen LogP contribution in [-0.4, -0.2) is 287 Å². The first kappa shape index (κ1) is 87.4. The zero-order valence-corrected chi connectivity index (χ0v) is 61.6. The smallest absolute Gasteiger partial charge is 0.222 e. The molecule has 32 heteroatoms. The maximum Gasteiger partial charge on any atom is 0.222 e. The van der Waals surface area contributed by atoms with Crippen LogP contribution in [-0.2, 0) is 95.2 Å². The number of carbonyl (C=O) groups is 8. The number of hydrogen-bond acceptors (Lipinski definition) is 26. The van der Waals surface area contributed by atoms with Crippen LogP contribution in [0.25, 0.3) is 0 Å². The molecule has 6 amide bonds. The Morgan fingerprint density at radius 2 is 0.680 bits per heavy atom. The molecule has 6 heterocycles. The van der Waals surface area contributed by atoms with Crippen molar-refractivity contribution in [2.75, 3.05) is 132 Å². The fourth-order valence-electron chi connectivity index (χ4n) is 12.8. The normalized spacial score (nSPS) is 28.6. The van der Waals surface area contributed by atoms with E-state index in [-0.39, 0.29) is 203 Å². The van der Waals surface area contributed by atoms with E-state index in [0.717, 1.165) is 0 Å². The highest BCUT2D eigenvalue weighted by atomic mass is 16.8. The van der Waals surface area contributed by atoms with Gasteiger partial charge in [-0.2, -0.15) is 0 Å². The van der Waals surface area contributed by atoms with E-state index in [1.807, 2.05) is 0 Å². The number of hydrogen-bond donors (Lipinski definition) is 12. The molecule has 6 fully saturated rings. The number of aliphatic hydroxyl groups is 6. The number of Topliss-reactive ketones (excluding diaryl/α,β-unsaturated/α-hetero) is 2. The highest BCUT2D eigenvalue weighted by molar-refractivity contribution is 5.84. The van der Waals surface area contributed by atoms with Crippen LogP contribution in [0.3, 0.4) is 0 Å². The van der Waals surface area contributed by atoms with Crippen LogP contribution >= 0.6 is 0 Å². The third-order valence-corrected chi connectivity index (χ3v) is 19.7. The summed E-state index contributed by atoms with van der Waals surface area (Å²) in [6, 6.07) is 0. The van der Waals surface area contributed by atoms with Crippen molar-refractivity contribution in [3.8, 4) is 0 Å². The Kier molecular flexibility index (Phi) is 37.4. The van der Waals surface area contributed by atoms with E-state index in [4.69, 9.17) is 56.8 Å². The Bertz CT molecular complexity index is 2390. The zero-order chi connectivity index (χ0) is 75.1. The summed E-state index contributed by atoms with van der Waals surface area (Å²) >= 11 is 0. The first-order valence-electron chi connectivity index (χ1n) is 37.3. The van der Waals surface area contributed by atoms with Gasteiger partial charge >= 0.3 is 0 Å². The first-order chi connectivity index (χ1) is 49.1. The largest absolute Gasteiger partial charge is 0.390 e. The second kappa shape index (κ2) is 44.0. The van der Waals surface area contributed by atoms with Gasteiger partial charge in [-0.25, -0.2) is 0 Å². The zero-order valence-electron chi connectivity index (χ0n) is 61.6. The van der Waals surface area contributed by atoms with Crippen molar-refractivity contribution in [2.45, 2.75) is 248 Å². The summed E-state index contributed by atoms with van der Waals surface area (Å²) in [5.41, 5.74) is -5.39. The fourth-order valence-corrected chi connectivity index (χ4v) is 12.8. The molecular weight excluding hydrogens is 1350 g/mol. The standard InChI is InChI=1S/C71H122N6O26/c1-47-58(86)61(89)69(44-98-64(47)101-69)41-92-32-12-8-19-50(78)18-7-11-27-72-54(82)24-35-95-38-68(77-57(85)23-15-20-51(79)67(4,5)6,39-96-36-25-55(83)75-30-16-28-73-52(80)21-9-13-33-93-42-70-45-99-65(102-70)48(2)59(87)62(70)90)40-97-37-26-56(84)76-31-17-29-74-53(81)22-10-14-34-94-43-71-46-100-66(103-71)49(3)60(88)63(71)91/h47-49,58-66,86-91H,7-46H2,1-6H3,(H,72,82)(H,73,80)(H,74,81)(H,75,83)(H,76,84)(H,77,85)/t47-,48-,49-,58-,59-,60-,61-,62-,63-,64+,65+,66+,69+,70+,71+/m1/s1. The SMILES string of the molecule is C[C@H]1[C@H]2OC[C@](COCCCCC(=O)CCCCNC(=O)CCOCC(COCCC(=O)NCCCNC(=O)CCCCOC[C@@]34CO[C@@H](O3)[C@H](C)[C@@H](O)[C@H]4O)(COCCC(=O)NCCCNC(=O)CCCCOC[C@@]34CO[C@@H](O3)[C@H](C)[C@@H](O)[C@H]4O)NC(=O)CCCC(=O)C(C)(C)C)(O2)[C@H](O)[C@@H]1O. The number of ketones is 2. The van der Waals surface area contributed by atoms with Gasteiger partial charge in [-0.3, -0.25) is 38.4 Å². The molecule has 0 saturated carbocycles. The van der Waals surface area contributed by atoms with Crippen LogP contribution in [0.1, 0.15) is 170 Å².